The van der Waals surface area contributed by atoms with Crippen molar-refractivity contribution in [2.75, 3.05) is 33.5 Å². The molecule has 0 aliphatic rings. The highest BCUT2D eigenvalue weighted by Gasteiger charge is 2.55. The van der Waals surface area contributed by atoms with E-state index in [9.17, 15) is 0 Å². The van der Waals surface area contributed by atoms with Crippen molar-refractivity contribution in [3.8, 4) is 0 Å². The molecular weight excluding hydrogens is 448 g/mol. The molecule has 4 nitrogen and oxygen atoms in total. The minimum absolute atomic E-state index is 0.259. The average molecular weight is 507 g/mol. The van der Waals surface area contributed by atoms with Crippen LogP contribution in [0.4, 0.5) is 0 Å². The fourth-order valence-corrected chi connectivity index (χ4v) is 5.34. The summed E-state index contributed by atoms with van der Waals surface area (Å²) >= 11 is 0. The third-order valence-electron chi connectivity index (χ3n) is 7.22. The van der Waals surface area contributed by atoms with Crippen LogP contribution < -0.4 is 0 Å². The Bertz CT molecular complexity index is 598. The summed E-state index contributed by atoms with van der Waals surface area (Å²) in [4.78, 5) is 0. The number of methoxy groups -OCH3 is 1. The van der Waals surface area contributed by atoms with Gasteiger partial charge in [-0.05, 0) is 56.4 Å². The van der Waals surface area contributed by atoms with Gasteiger partial charge < -0.3 is 18.9 Å². The van der Waals surface area contributed by atoms with Crippen LogP contribution in [0.1, 0.15) is 130 Å². The van der Waals surface area contributed by atoms with E-state index in [-0.39, 0.29) is 5.41 Å². The van der Waals surface area contributed by atoms with E-state index in [2.05, 4.69) is 65.0 Å². The first-order valence-corrected chi connectivity index (χ1v) is 15.0. The molecule has 0 spiro atoms. The Morgan fingerprint density at radius 3 is 1.69 bits per heavy atom. The summed E-state index contributed by atoms with van der Waals surface area (Å²) in [7, 11) is 1.80. The number of hydrogen-bond donors (Lipinski definition) is 0. The molecule has 0 fully saturated rings. The van der Waals surface area contributed by atoms with Crippen LogP contribution in [-0.2, 0) is 18.9 Å². The van der Waals surface area contributed by atoms with Gasteiger partial charge in [0.05, 0.1) is 25.2 Å². The topological polar surface area (TPSA) is 36.9 Å². The third-order valence-corrected chi connectivity index (χ3v) is 7.22. The van der Waals surface area contributed by atoms with Crippen LogP contribution in [0.15, 0.2) is 30.3 Å². The molecule has 210 valence electrons. The largest absolute Gasteiger partial charge is 0.385 e. The molecule has 0 aliphatic heterocycles. The summed E-state index contributed by atoms with van der Waals surface area (Å²) in [5.41, 5.74) is 1.11. The second-order valence-corrected chi connectivity index (χ2v) is 10.5. The normalized spacial score (nSPS) is 14.6. The Balaban J connectivity index is 3.45. The predicted octanol–water partition coefficient (Wildman–Crippen LogP) is 9.28. The van der Waals surface area contributed by atoms with E-state index < -0.39 is 5.97 Å². The van der Waals surface area contributed by atoms with Gasteiger partial charge in [0.1, 0.15) is 0 Å². The van der Waals surface area contributed by atoms with Crippen LogP contribution in [0.2, 0.25) is 0 Å². The van der Waals surface area contributed by atoms with Crippen molar-refractivity contribution >= 4 is 0 Å². The molecule has 4 heteroatoms. The highest BCUT2D eigenvalue weighted by atomic mass is 16.9. The molecule has 36 heavy (non-hydrogen) atoms. The predicted molar refractivity (Wildman–Crippen MR) is 152 cm³/mol. The van der Waals surface area contributed by atoms with Crippen molar-refractivity contribution in [2.24, 2.45) is 5.41 Å². The van der Waals surface area contributed by atoms with Gasteiger partial charge in [0.15, 0.2) is 0 Å². The van der Waals surface area contributed by atoms with Crippen molar-refractivity contribution in [3.05, 3.63) is 35.9 Å². The number of rotatable bonds is 24. The molecule has 0 bridgehead atoms. The Morgan fingerprint density at radius 1 is 0.639 bits per heavy atom. The molecule has 0 radical (unpaired) electrons. The van der Waals surface area contributed by atoms with Gasteiger partial charge in [-0.15, -0.1) is 0 Å². The van der Waals surface area contributed by atoms with E-state index in [1.165, 1.54) is 44.1 Å². The standard InChI is InChI=1S/C32H58O4/c1-7-11-12-13-14-18-22-31(23-19-27-33-6,28-29(5)30-20-16-15-17-21-30)32(34-24-8-2,35-25-9-3)36-26-10-4/h15-17,20-21,29H,7-14,18-19,22-28H2,1-6H3. The molecule has 0 aliphatic carbocycles. The number of hydrogen-bond acceptors (Lipinski definition) is 4. The molecule has 0 aromatic heterocycles. The van der Waals surface area contributed by atoms with E-state index in [0.717, 1.165) is 51.6 Å². The fraction of sp³-hybridized carbons (Fsp3) is 0.812. The van der Waals surface area contributed by atoms with Gasteiger partial charge in [0.25, 0.3) is 5.97 Å². The van der Waals surface area contributed by atoms with Gasteiger partial charge in [-0.25, -0.2) is 0 Å². The van der Waals surface area contributed by atoms with Gasteiger partial charge in [-0.3, -0.25) is 0 Å². The first kappa shape index (κ1) is 33.1. The van der Waals surface area contributed by atoms with E-state index >= 15 is 0 Å². The van der Waals surface area contributed by atoms with E-state index in [0.29, 0.717) is 25.7 Å². The lowest BCUT2D eigenvalue weighted by Crippen LogP contribution is -2.56. The third kappa shape index (κ3) is 11.2. The minimum Gasteiger partial charge on any atom is -0.385 e. The molecule has 1 aromatic carbocycles. The quantitative estimate of drug-likeness (QED) is 0.103. The monoisotopic (exact) mass is 506 g/mol. The summed E-state index contributed by atoms with van der Waals surface area (Å²) in [6.07, 6.45) is 14.4. The molecule has 2 unspecified atom stereocenters. The highest BCUT2D eigenvalue weighted by Crippen LogP contribution is 2.51. The van der Waals surface area contributed by atoms with Crippen molar-refractivity contribution in [1.82, 2.24) is 0 Å². The van der Waals surface area contributed by atoms with E-state index in [1.54, 1.807) is 7.11 Å². The minimum atomic E-state index is -1.03. The lowest BCUT2D eigenvalue weighted by molar-refractivity contribution is -0.435. The van der Waals surface area contributed by atoms with Gasteiger partial charge in [0, 0.05) is 13.7 Å². The zero-order valence-corrected chi connectivity index (χ0v) is 24.6. The van der Waals surface area contributed by atoms with Crippen molar-refractivity contribution in [2.45, 2.75) is 130 Å². The zero-order chi connectivity index (χ0) is 26.5. The fourth-order valence-electron chi connectivity index (χ4n) is 5.34. The Morgan fingerprint density at radius 2 is 1.17 bits per heavy atom. The van der Waals surface area contributed by atoms with Gasteiger partial charge in [-0.1, -0.05) is 103 Å². The van der Waals surface area contributed by atoms with Gasteiger partial charge >= 0.3 is 0 Å². The van der Waals surface area contributed by atoms with Crippen molar-refractivity contribution in [3.63, 3.8) is 0 Å². The molecule has 0 saturated carbocycles. The smallest absolute Gasteiger partial charge is 0.288 e. The molecular formula is C32H58O4. The van der Waals surface area contributed by atoms with Crippen LogP contribution in [0, 0.1) is 5.41 Å². The highest BCUT2D eigenvalue weighted by molar-refractivity contribution is 5.19. The lowest BCUT2D eigenvalue weighted by Gasteiger charge is -2.50. The summed E-state index contributed by atoms with van der Waals surface area (Å²) in [6, 6.07) is 10.9. The van der Waals surface area contributed by atoms with E-state index in [4.69, 9.17) is 18.9 Å². The Kier molecular flexibility index (Phi) is 18.5. The number of ether oxygens (including phenoxy) is 4. The van der Waals surface area contributed by atoms with Crippen LogP contribution in [0.25, 0.3) is 0 Å². The van der Waals surface area contributed by atoms with Crippen molar-refractivity contribution in [1.29, 1.82) is 0 Å². The summed E-state index contributed by atoms with van der Waals surface area (Å²) in [6.45, 7) is 13.8. The second-order valence-electron chi connectivity index (χ2n) is 10.5. The second kappa shape index (κ2) is 20.1. The maximum Gasteiger partial charge on any atom is 0.288 e. The number of benzene rings is 1. The molecule has 1 aromatic rings. The zero-order valence-electron chi connectivity index (χ0n) is 24.6. The van der Waals surface area contributed by atoms with Gasteiger partial charge in [0.2, 0.25) is 0 Å². The summed E-state index contributed by atoms with van der Waals surface area (Å²) in [5, 5.41) is 0. The first-order valence-electron chi connectivity index (χ1n) is 15.0. The van der Waals surface area contributed by atoms with Gasteiger partial charge in [-0.2, -0.15) is 0 Å². The van der Waals surface area contributed by atoms with Crippen LogP contribution in [0.5, 0.6) is 0 Å². The molecule has 0 heterocycles. The molecule has 2 atom stereocenters. The average Bonchev–Trinajstić information content (AvgIpc) is 2.90. The van der Waals surface area contributed by atoms with Crippen LogP contribution in [0.3, 0.4) is 0 Å². The maximum atomic E-state index is 6.73. The van der Waals surface area contributed by atoms with Crippen molar-refractivity contribution < 1.29 is 18.9 Å². The summed E-state index contributed by atoms with van der Waals surface area (Å²) < 4.78 is 25.7. The number of unbranched alkanes of at least 4 members (excludes halogenated alkanes) is 5. The molecule has 0 N–H and O–H groups in total. The van der Waals surface area contributed by atoms with Crippen LogP contribution in [-0.4, -0.2) is 39.5 Å². The lowest BCUT2D eigenvalue weighted by atomic mass is 9.69. The summed E-state index contributed by atoms with van der Waals surface area (Å²) in [5.74, 6) is -0.663. The Hall–Kier alpha value is -0.940. The van der Waals surface area contributed by atoms with E-state index in [1.807, 2.05) is 0 Å². The molecule has 1 rings (SSSR count). The maximum absolute atomic E-state index is 6.73. The SMILES string of the molecule is CCCCCCCCC(CCCOC)(CC(C)c1ccccc1)C(OCCC)(OCCC)OCCC. The first-order chi connectivity index (χ1) is 17.5. The Labute approximate surface area is 223 Å². The molecule has 0 amide bonds. The van der Waals surface area contributed by atoms with Crippen LogP contribution >= 0.6 is 0 Å². The molecule has 0 saturated heterocycles.